The van der Waals surface area contributed by atoms with E-state index < -0.39 is 0 Å². The Labute approximate surface area is 129 Å². The maximum Gasteiger partial charge on any atom is 0.120 e. The summed E-state index contributed by atoms with van der Waals surface area (Å²) < 4.78 is 6.60. The van der Waals surface area contributed by atoms with Crippen LogP contribution in [0.2, 0.25) is 0 Å². The normalized spacial score (nSPS) is 12.2. The van der Waals surface area contributed by atoms with E-state index in [0.29, 0.717) is 6.61 Å². The Balaban J connectivity index is 2.35. The first-order chi connectivity index (χ1) is 9.76. The summed E-state index contributed by atoms with van der Waals surface area (Å²) >= 11 is 3.67. The standard InChI is InChI=1S/C17H20BrNO/c1-3-19-17(13-8-6-5-7-9-13)15-11-10-14(20-4-2)12-16(15)18/h5-12,17,19H,3-4H2,1-2H3. The molecule has 20 heavy (non-hydrogen) atoms. The van der Waals surface area contributed by atoms with Gasteiger partial charge in [0.05, 0.1) is 12.6 Å². The van der Waals surface area contributed by atoms with Crippen LogP contribution < -0.4 is 10.1 Å². The van der Waals surface area contributed by atoms with Crippen LogP contribution in [0.5, 0.6) is 5.75 Å². The van der Waals surface area contributed by atoms with Crippen molar-refractivity contribution in [2.45, 2.75) is 19.9 Å². The lowest BCUT2D eigenvalue weighted by atomic mass is 9.98. The number of hydrogen-bond donors (Lipinski definition) is 1. The Bertz CT molecular complexity index is 542. The first-order valence-corrected chi connectivity index (χ1v) is 7.76. The Kier molecular flexibility index (Phi) is 5.62. The van der Waals surface area contributed by atoms with E-state index in [1.54, 1.807) is 0 Å². The second kappa shape index (κ2) is 7.46. The van der Waals surface area contributed by atoms with Crippen molar-refractivity contribution < 1.29 is 4.74 Å². The zero-order valence-corrected chi connectivity index (χ0v) is 13.5. The molecule has 3 heteroatoms. The van der Waals surface area contributed by atoms with Crippen molar-refractivity contribution in [3.05, 3.63) is 64.1 Å². The van der Waals surface area contributed by atoms with Gasteiger partial charge < -0.3 is 10.1 Å². The van der Waals surface area contributed by atoms with Gasteiger partial charge in [-0.2, -0.15) is 0 Å². The smallest absolute Gasteiger partial charge is 0.120 e. The number of halogens is 1. The van der Waals surface area contributed by atoms with E-state index in [1.165, 1.54) is 11.1 Å². The molecule has 0 aliphatic rings. The molecule has 0 saturated carbocycles. The monoisotopic (exact) mass is 333 g/mol. The van der Waals surface area contributed by atoms with Gasteiger partial charge in [0.15, 0.2) is 0 Å². The summed E-state index contributed by atoms with van der Waals surface area (Å²) in [5.74, 6) is 0.895. The van der Waals surface area contributed by atoms with Gasteiger partial charge in [0, 0.05) is 4.47 Å². The van der Waals surface area contributed by atoms with Crippen LogP contribution in [-0.2, 0) is 0 Å². The minimum atomic E-state index is 0.186. The quantitative estimate of drug-likeness (QED) is 0.837. The molecule has 0 bridgehead atoms. The molecule has 0 aliphatic carbocycles. The molecule has 2 nitrogen and oxygen atoms in total. The minimum absolute atomic E-state index is 0.186. The molecule has 0 heterocycles. The molecule has 0 radical (unpaired) electrons. The van der Waals surface area contributed by atoms with Crippen LogP contribution in [0.3, 0.4) is 0 Å². The van der Waals surface area contributed by atoms with Gasteiger partial charge in [0.1, 0.15) is 5.75 Å². The molecule has 0 spiro atoms. The fourth-order valence-corrected chi connectivity index (χ4v) is 2.84. The second-order valence-electron chi connectivity index (χ2n) is 4.52. The molecule has 2 aromatic carbocycles. The van der Waals surface area contributed by atoms with Crippen LogP contribution in [0, 0.1) is 0 Å². The first-order valence-electron chi connectivity index (χ1n) is 6.96. The van der Waals surface area contributed by atoms with E-state index in [9.17, 15) is 0 Å². The highest BCUT2D eigenvalue weighted by Crippen LogP contribution is 2.31. The van der Waals surface area contributed by atoms with Crippen molar-refractivity contribution in [2.24, 2.45) is 0 Å². The van der Waals surface area contributed by atoms with E-state index in [1.807, 2.05) is 25.1 Å². The van der Waals surface area contributed by atoms with Gasteiger partial charge >= 0.3 is 0 Å². The van der Waals surface area contributed by atoms with Crippen molar-refractivity contribution in [1.29, 1.82) is 0 Å². The number of nitrogens with one attached hydrogen (secondary N) is 1. The van der Waals surface area contributed by atoms with Crippen molar-refractivity contribution in [1.82, 2.24) is 5.32 Å². The Morgan fingerprint density at radius 1 is 1.10 bits per heavy atom. The van der Waals surface area contributed by atoms with Gasteiger partial charge in [-0.15, -0.1) is 0 Å². The zero-order valence-electron chi connectivity index (χ0n) is 11.9. The lowest BCUT2D eigenvalue weighted by molar-refractivity contribution is 0.340. The number of ether oxygens (including phenoxy) is 1. The van der Waals surface area contributed by atoms with Gasteiger partial charge in [0.2, 0.25) is 0 Å². The highest BCUT2D eigenvalue weighted by Gasteiger charge is 2.15. The molecular weight excluding hydrogens is 314 g/mol. The van der Waals surface area contributed by atoms with E-state index in [-0.39, 0.29) is 6.04 Å². The SMILES string of the molecule is CCNC(c1ccccc1)c1ccc(OCC)cc1Br. The molecule has 1 N–H and O–H groups in total. The third kappa shape index (κ3) is 3.62. The molecule has 0 amide bonds. The molecule has 1 unspecified atom stereocenters. The lowest BCUT2D eigenvalue weighted by Gasteiger charge is -2.21. The fraction of sp³-hybridized carbons (Fsp3) is 0.294. The molecule has 0 saturated heterocycles. The van der Waals surface area contributed by atoms with Crippen molar-refractivity contribution in [3.63, 3.8) is 0 Å². The second-order valence-corrected chi connectivity index (χ2v) is 5.37. The predicted octanol–water partition coefficient (Wildman–Crippen LogP) is 4.55. The van der Waals surface area contributed by atoms with Crippen molar-refractivity contribution in [2.75, 3.05) is 13.2 Å². The predicted molar refractivity (Wildman–Crippen MR) is 87.3 cm³/mol. The Hall–Kier alpha value is -1.32. The van der Waals surface area contributed by atoms with Crippen molar-refractivity contribution in [3.8, 4) is 5.75 Å². The molecule has 106 valence electrons. The van der Waals surface area contributed by atoms with E-state index in [2.05, 4.69) is 58.5 Å². The van der Waals surface area contributed by atoms with Crippen LogP contribution in [0.25, 0.3) is 0 Å². The zero-order chi connectivity index (χ0) is 14.4. The third-order valence-electron chi connectivity index (χ3n) is 3.14. The maximum absolute atomic E-state index is 5.54. The third-order valence-corrected chi connectivity index (χ3v) is 3.82. The summed E-state index contributed by atoms with van der Waals surface area (Å²) in [6.07, 6.45) is 0. The van der Waals surface area contributed by atoms with Crippen molar-refractivity contribution >= 4 is 15.9 Å². The summed E-state index contributed by atoms with van der Waals surface area (Å²) in [5.41, 5.74) is 2.49. The first kappa shape index (κ1) is 15.1. The van der Waals surface area contributed by atoms with Gasteiger partial charge in [-0.05, 0) is 36.7 Å². The van der Waals surface area contributed by atoms with Crippen LogP contribution in [0.1, 0.15) is 31.0 Å². The molecule has 1 atom stereocenters. The molecule has 0 aliphatic heterocycles. The molecule has 0 fully saturated rings. The van der Waals surface area contributed by atoms with Crippen LogP contribution in [-0.4, -0.2) is 13.2 Å². The number of benzene rings is 2. The highest BCUT2D eigenvalue weighted by atomic mass is 79.9. The van der Waals surface area contributed by atoms with Crippen LogP contribution in [0.4, 0.5) is 0 Å². The molecule has 2 rings (SSSR count). The van der Waals surface area contributed by atoms with E-state index in [4.69, 9.17) is 4.74 Å². The minimum Gasteiger partial charge on any atom is -0.494 e. The van der Waals surface area contributed by atoms with Gasteiger partial charge in [0.25, 0.3) is 0 Å². The summed E-state index contributed by atoms with van der Waals surface area (Å²) in [7, 11) is 0. The lowest BCUT2D eigenvalue weighted by Crippen LogP contribution is -2.22. The van der Waals surface area contributed by atoms with Gasteiger partial charge in [-0.25, -0.2) is 0 Å². The summed E-state index contributed by atoms with van der Waals surface area (Å²) in [6, 6.07) is 16.8. The topological polar surface area (TPSA) is 21.3 Å². The average Bonchev–Trinajstić information content (AvgIpc) is 2.47. The Morgan fingerprint density at radius 2 is 1.85 bits per heavy atom. The number of rotatable bonds is 6. The fourth-order valence-electron chi connectivity index (χ4n) is 2.26. The average molecular weight is 334 g/mol. The largest absolute Gasteiger partial charge is 0.494 e. The summed E-state index contributed by atoms with van der Waals surface area (Å²) in [4.78, 5) is 0. The van der Waals surface area contributed by atoms with E-state index >= 15 is 0 Å². The number of hydrogen-bond acceptors (Lipinski definition) is 2. The van der Waals surface area contributed by atoms with Gasteiger partial charge in [-0.3, -0.25) is 0 Å². The summed E-state index contributed by atoms with van der Waals surface area (Å²) in [5, 5.41) is 3.54. The highest BCUT2D eigenvalue weighted by molar-refractivity contribution is 9.10. The molecule has 2 aromatic rings. The van der Waals surface area contributed by atoms with Gasteiger partial charge in [-0.1, -0.05) is 59.3 Å². The molecular formula is C17H20BrNO. The van der Waals surface area contributed by atoms with Crippen LogP contribution >= 0.6 is 15.9 Å². The summed E-state index contributed by atoms with van der Waals surface area (Å²) in [6.45, 7) is 5.71. The maximum atomic E-state index is 5.54. The van der Waals surface area contributed by atoms with Crippen LogP contribution in [0.15, 0.2) is 53.0 Å². The Morgan fingerprint density at radius 3 is 2.45 bits per heavy atom. The van der Waals surface area contributed by atoms with E-state index in [0.717, 1.165) is 16.8 Å². The molecule has 0 aromatic heterocycles.